The van der Waals surface area contributed by atoms with Crippen LogP contribution >= 0.6 is 0 Å². The molecule has 32 heavy (non-hydrogen) atoms. The van der Waals surface area contributed by atoms with Crippen LogP contribution < -0.4 is 5.56 Å². The van der Waals surface area contributed by atoms with Crippen LogP contribution in [0.25, 0.3) is 33.4 Å². The number of aliphatic hydroxyl groups is 1. The molecule has 11 heteroatoms. The third-order valence-electron chi connectivity index (χ3n) is 4.50. The first-order valence-electron chi connectivity index (χ1n) is 9.45. The average Bonchev–Trinajstić information content (AvgIpc) is 2.74. The number of aromatic nitrogens is 6. The van der Waals surface area contributed by atoms with E-state index in [0.717, 1.165) is 12.4 Å². The summed E-state index contributed by atoms with van der Waals surface area (Å²) in [5.41, 5.74) is -0.00219. The lowest BCUT2D eigenvalue weighted by Crippen LogP contribution is -2.33. The highest BCUT2D eigenvalue weighted by atomic mass is 19.4. The summed E-state index contributed by atoms with van der Waals surface area (Å²) in [5, 5.41) is 10.3. The number of nitrogens with zero attached hydrogens (tertiary/aromatic N) is 6. The normalized spacial score (nSPS) is 12.3. The van der Waals surface area contributed by atoms with Crippen molar-refractivity contribution in [2.45, 2.75) is 32.2 Å². The summed E-state index contributed by atoms with van der Waals surface area (Å²) in [6, 6.07) is 4.84. The molecule has 0 aliphatic heterocycles. The van der Waals surface area contributed by atoms with Crippen LogP contribution in [0.3, 0.4) is 0 Å². The second-order valence-corrected chi connectivity index (χ2v) is 7.78. The summed E-state index contributed by atoms with van der Waals surface area (Å²) in [6.45, 7) is 3.11. The molecule has 0 radical (unpaired) electrons. The van der Waals surface area contributed by atoms with E-state index in [0.29, 0.717) is 16.8 Å². The molecule has 0 fully saturated rings. The fourth-order valence-electron chi connectivity index (χ4n) is 3.15. The Kier molecular flexibility index (Phi) is 5.21. The van der Waals surface area contributed by atoms with Crippen LogP contribution in [0.15, 0.2) is 54.1 Å². The van der Waals surface area contributed by atoms with Gasteiger partial charge in [-0.3, -0.25) is 14.3 Å². The van der Waals surface area contributed by atoms with Gasteiger partial charge in [0.15, 0.2) is 0 Å². The van der Waals surface area contributed by atoms with E-state index in [1.54, 1.807) is 38.4 Å². The molecule has 0 spiro atoms. The van der Waals surface area contributed by atoms with Crippen LogP contribution in [0.2, 0.25) is 0 Å². The standard InChI is InChI=1S/C21H17F3N6O2/c1-20(2,32)10-30-11-28-17-14(18(30)31)6-15(29-16(17)12-4-3-5-25-7-12)13-8-26-19(27-9-13)21(22,23)24/h3-9,11,32H,10H2,1-2H3. The van der Waals surface area contributed by atoms with Crippen molar-refractivity contribution in [2.75, 3.05) is 0 Å². The van der Waals surface area contributed by atoms with Gasteiger partial charge in [0.2, 0.25) is 5.82 Å². The van der Waals surface area contributed by atoms with E-state index in [9.17, 15) is 23.1 Å². The monoisotopic (exact) mass is 442 g/mol. The second kappa shape index (κ2) is 7.75. The van der Waals surface area contributed by atoms with E-state index in [4.69, 9.17) is 0 Å². The number of halogens is 3. The minimum absolute atomic E-state index is 0.00194. The molecule has 4 aromatic heterocycles. The quantitative estimate of drug-likeness (QED) is 0.518. The van der Waals surface area contributed by atoms with Gasteiger partial charge >= 0.3 is 6.18 Å². The van der Waals surface area contributed by atoms with E-state index in [1.165, 1.54) is 17.0 Å². The fourth-order valence-corrected chi connectivity index (χ4v) is 3.15. The highest BCUT2D eigenvalue weighted by molar-refractivity contribution is 5.93. The molecule has 0 amide bonds. The number of pyridine rings is 2. The first-order valence-corrected chi connectivity index (χ1v) is 9.45. The van der Waals surface area contributed by atoms with Gasteiger partial charge in [-0.2, -0.15) is 13.2 Å². The van der Waals surface area contributed by atoms with Crippen molar-refractivity contribution in [3.05, 3.63) is 65.5 Å². The predicted molar refractivity (Wildman–Crippen MR) is 109 cm³/mol. The highest BCUT2D eigenvalue weighted by Crippen LogP contribution is 2.30. The zero-order chi connectivity index (χ0) is 23.1. The third-order valence-corrected chi connectivity index (χ3v) is 4.50. The Hall–Kier alpha value is -3.73. The van der Waals surface area contributed by atoms with Gasteiger partial charge in [0.25, 0.3) is 5.56 Å². The smallest absolute Gasteiger partial charge is 0.389 e. The number of hydrogen-bond donors (Lipinski definition) is 1. The highest BCUT2D eigenvalue weighted by Gasteiger charge is 2.34. The molecule has 0 aromatic carbocycles. The Morgan fingerprint density at radius 1 is 1.06 bits per heavy atom. The van der Waals surface area contributed by atoms with E-state index in [2.05, 4.69) is 24.9 Å². The molecule has 4 heterocycles. The minimum Gasteiger partial charge on any atom is -0.389 e. The molecular formula is C21H17F3N6O2. The Morgan fingerprint density at radius 2 is 1.78 bits per heavy atom. The maximum atomic E-state index is 13.1. The van der Waals surface area contributed by atoms with Crippen LogP contribution in [-0.4, -0.2) is 40.2 Å². The van der Waals surface area contributed by atoms with E-state index in [-0.39, 0.29) is 23.2 Å². The van der Waals surface area contributed by atoms with E-state index < -0.39 is 23.2 Å². The van der Waals surface area contributed by atoms with Gasteiger partial charge in [0.05, 0.1) is 35.2 Å². The summed E-state index contributed by atoms with van der Waals surface area (Å²) in [6.07, 6.45) is 1.77. The molecule has 0 aliphatic carbocycles. The number of hydrogen-bond acceptors (Lipinski definition) is 7. The second-order valence-electron chi connectivity index (χ2n) is 7.78. The van der Waals surface area contributed by atoms with Gasteiger partial charge in [-0.15, -0.1) is 0 Å². The molecule has 0 saturated heterocycles. The van der Waals surface area contributed by atoms with Gasteiger partial charge < -0.3 is 5.11 Å². The maximum Gasteiger partial charge on any atom is 0.451 e. The van der Waals surface area contributed by atoms with Crippen LogP contribution in [0, 0.1) is 0 Å². The zero-order valence-electron chi connectivity index (χ0n) is 17.0. The Labute approximate surface area is 179 Å². The van der Waals surface area contributed by atoms with Gasteiger partial charge in [0, 0.05) is 35.9 Å². The molecular weight excluding hydrogens is 425 g/mol. The molecule has 0 atom stereocenters. The first-order chi connectivity index (χ1) is 15.0. The largest absolute Gasteiger partial charge is 0.451 e. The molecule has 0 aliphatic rings. The zero-order valence-corrected chi connectivity index (χ0v) is 17.0. The number of fused-ring (bicyclic) bond motifs is 1. The maximum absolute atomic E-state index is 13.1. The lowest BCUT2D eigenvalue weighted by Gasteiger charge is -2.19. The SMILES string of the molecule is CC(C)(O)Cn1cnc2c(-c3cccnc3)nc(-c3cnc(C(F)(F)F)nc3)cc2c1=O. The Bertz CT molecular complexity index is 1330. The topological polar surface area (TPSA) is 107 Å². The molecule has 1 N–H and O–H groups in total. The van der Waals surface area contributed by atoms with Crippen molar-refractivity contribution >= 4 is 10.9 Å². The summed E-state index contributed by atoms with van der Waals surface area (Å²) in [4.78, 5) is 32.8. The lowest BCUT2D eigenvalue weighted by molar-refractivity contribution is -0.144. The summed E-state index contributed by atoms with van der Waals surface area (Å²) >= 11 is 0. The average molecular weight is 442 g/mol. The molecule has 8 nitrogen and oxygen atoms in total. The Morgan fingerprint density at radius 3 is 2.38 bits per heavy atom. The third kappa shape index (κ3) is 4.33. The van der Waals surface area contributed by atoms with Crippen molar-refractivity contribution in [1.82, 2.24) is 29.5 Å². The van der Waals surface area contributed by atoms with Crippen LogP contribution in [0.5, 0.6) is 0 Å². The van der Waals surface area contributed by atoms with Crippen LogP contribution in [0.1, 0.15) is 19.7 Å². The van der Waals surface area contributed by atoms with Crippen molar-refractivity contribution in [2.24, 2.45) is 0 Å². The Balaban J connectivity index is 1.95. The number of rotatable bonds is 4. The molecule has 0 bridgehead atoms. The number of alkyl halides is 3. The van der Waals surface area contributed by atoms with Crippen molar-refractivity contribution in [3.63, 3.8) is 0 Å². The summed E-state index contributed by atoms with van der Waals surface area (Å²) < 4.78 is 39.8. The fraction of sp³-hybridized carbons (Fsp3) is 0.238. The first kappa shape index (κ1) is 21.5. The van der Waals surface area contributed by atoms with Gasteiger partial charge in [0.1, 0.15) is 5.52 Å². The van der Waals surface area contributed by atoms with E-state index >= 15 is 0 Å². The summed E-state index contributed by atoms with van der Waals surface area (Å²) in [7, 11) is 0. The van der Waals surface area contributed by atoms with Gasteiger partial charge in [-0.1, -0.05) is 0 Å². The lowest BCUT2D eigenvalue weighted by atomic mass is 10.1. The van der Waals surface area contributed by atoms with Crippen molar-refractivity contribution < 1.29 is 18.3 Å². The van der Waals surface area contributed by atoms with Gasteiger partial charge in [-0.25, -0.2) is 19.9 Å². The van der Waals surface area contributed by atoms with Crippen molar-refractivity contribution in [3.8, 4) is 22.5 Å². The van der Waals surface area contributed by atoms with Gasteiger partial charge in [-0.05, 0) is 32.0 Å². The van der Waals surface area contributed by atoms with E-state index in [1.807, 2.05) is 0 Å². The molecule has 4 aromatic rings. The molecule has 164 valence electrons. The molecule has 4 rings (SSSR count). The van der Waals surface area contributed by atoms with Crippen molar-refractivity contribution in [1.29, 1.82) is 0 Å². The predicted octanol–water partition coefficient (Wildman–Crippen LogP) is 3.10. The minimum atomic E-state index is -4.68. The summed E-state index contributed by atoms with van der Waals surface area (Å²) in [5.74, 6) is -1.27. The molecule has 0 unspecified atom stereocenters. The van der Waals surface area contributed by atoms with Crippen LogP contribution in [0.4, 0.5) is 13.2 Å². The molecule has 0 saturated carbocycles. The van der Waals surface area contributed by atoms with Crippen LogP contribution in [-0.2, 0) is 12.7 Å².